The van der Waals surface area contributed by atoms with Gasteiger partial charge in [0.05, 0.1) is 10.6 Å². The molecule has 0 aromatic heterocycles. The molecule has 1 aliphatic rings. The molecule has 1 fully saturated rings. The van der Waals surface area contributed by atoms with Crippen molar-refractivity contribution in [3.63, 3.8) is 0 Å². The summed E-state index contributed by atoms with van der Waals surface area (Å²) in [7, 11) is -3.77. The van der Waals surface area contributed by atoms with Crippen molar-refractivity contribution >= 4 is 33.2 Å². The first kappa shape index (κ1) is 15.1. The van der Waals surface area contributed by atoms with E-state index >= 15 is 0 Å². The predicted octanol–water partition coefficient (Wildman–Crippen LogP) is 2.58. The van der Waals surface area contributed by atoms with Crippen molar-refractivity contribution in [3.05, 3.63) is 28.2 Å². The number of hydrogen-bond donors (Lipinski definition) is 2. The highest BCUT2D eigenvalue weighted by atomic mass is 35.5. The van der Waals surface area contributed by atoms with Crippen LogP contribution in [0.15, 0.2) is 23.1 Å². The minimum atomic E-state index is -3.77. The summed E-state index contributed by atoms with van der Waals surface area (Å²) in [6, 6.07) is 4.25. The molecule has 1 saturated carbocycles. The van der Waals surface area contributed by atoms with Crippen molar-refractivity contribution in [2.75, 3.05) is 6.54 Å². The Morgan fingerprint density at radius 3 is 2.53 bits per heavy atom. The Balaban J connectivity index is 2.16. The average molecular weight is 324 g/mol. The molecule has 106 valence electrons. The van der Waals surface area contributed by atoms with Crippen LogP contribution < -0.4 is 4.72 Å². The molecule has 0 amide bonds. The van der Waals surface area contributed by atoms with Gasteiger partial charge in [-0.05, 0) is 31.0 Å². The molecule has 19 heavy (non-hydrogen) atoms. The van der Waals surface area contributed by atoms with E-state index in [4.69, 9.17) is 23.2 Å². The number of rotatable bonds is 4. The highest BCUT2D eigenvalue weighted by Crippen LogP contribution is 2.30. The van der Waals surface area contributed by atoms with Crippen LogP contribution in [0.1, 0.15) is 25.7 Å². The maximum absolute atomic E-state index is 12.1. The molecule has 4 nitrogen and oxygen atoms in total. The van der Waals surface area contributed by atoms with Crippen molar-refractivity contribution in [3.8, 4) is 0 Å². The maximum atomic E-state index is 12.1. The predicted molar refractivity (Wildman–Crippen MR) is 75.1 cm³/mol. The Morgan fingerprint density at radius 1 is 1.26 bits per heavy atom. The van der Waals surface area contributed by atoms with Crippen LogP contribution in [0.25, 0.3) is 0 Å². The quantitative estimate of drug-likeness (QED) is 0.894. The molecule has 0 saturated heterocycles. The van der Waals surface area contributed by atoms with E-state index in [1.54, 1.807) is 0 Å². The van der Waals surface area contributed by atoms with Gasteiger partial charge in [-0.25, -0.2) is 13.1 Å². The van der Waals surface area contributed by atoms with Crippen molar-refractivity contribution in [1.29, 1.82) is 0 Å². The minimum Gasteiger partial charge on any atom is -0.389 e. The SMILES string of the molecule is O=S(=O)(NCC1(O)CCCC1)c1cc(Cl)ccc1Cl. The second kappa shape index (κ2) is 5.58. The molecule has 0 heterocycles. The van der Waals surface area contributed by atoms with Gasteiger partial charge < -0.3 is 5.11 Å². The third-order valence-electron chi connectivity index (χ3n) is 3.31. The first-order valence-corrected chi connectivity index (χ1v) is 8.23. The lowest BCUT2D eigenvalue weighted by molar-refractivity contribution is 0.0532. The second-order valence-corrected chi connectivity index (χ2v) is 7.41. The summed E-state index contributed by atoms with van der Waals surface area (Å²) in [5, 5.41) is 10.5. The van der Waals surface area contributed by atoms with Gasteiger partial charge in [0.1, 0.15) is 4.90 Å². The number of aliphatic hydroxyl groups is 1. The fourth-order valence-electron chi connectivity index (χ4n) is 2.20. The Labute approximate surface area is 122 Å². The number of hydrogen-bond acceptors (Lipinski definition) is 3. The Morgan fingerprint density at radius 2 is 1.89 bits per heavy atom. The number of sulfonamides is 1. The van der Waals surface area contributed by atoms with Crippen LogP contribution in [-0.4, -0.2) is 25.7 Å². The largest absolute Gasteiger partial charge is 0.389 e. The van der Waals surface area contributed by atoms with Crippen molar-refractivity contribution < 1.29 is 13.5 Å². The molecular weight excluding hydrogens is 309 g/mol. The molecule has 2 N–H and O–H groups in total. The zero-order chi connectivity index (χ0) is 14.1. The summed E-state index contributed by atoms with van der Waals surface area (Å²) < 4.78 is 26.7. The topological polar surface area (TPSA) is 66.4 Å². The van der Waals surface area contributed by atoms with E-state index < -0.39 is 15.6 Å². The van der Waals surface area contributed by atoms with Crippen LogP contribution in [0.3, 0.4) is 0 Å². The first-order valence-electron chi connectivity index (χ1n) is 6.00. The number of halogens is 2. The van der Waals surface area contributed by atoms with Gasteiger partial charge in [-0.2, -0.15) is 0 Å². The van der Waals surface area contributed by atoms with Gasteiger partial charge in [0, 0.05) is 11.6 Å². The molecule has 7 heteroatoms. The van der Waals surface area contributed by atoms with Crippen molar-refractivity contribution in [2.24, 2.45) is 0 Å². The van der Waals surface area contributed by atoms with Gasteiger partial charge in [0.15, 0.2) is 0 Å². The third-order valence-corrected chi connectivity index (χ3v) is 5.43. The molecule has 1 aromatic carbocycles. The van der Waals surface area contributed by atoms with Crippen LogP contribution in [0.2, 0.25) is 10.0 Å². The lowest BCUT2D eigenvalue weighted by Gasteiger charge is -2.22. The standard InChI is InChI=1S/C12H15Cl2NO3S/c13-9-3-4-10(14)11(7-9)19(17,18)15-8-12(16)5-1-2-6-12/h3-4,7,15-16H,1-2,5-6,8H2. The fraction of sp³-hybridized carbons (Fsp3) is 0.500. The Bertz CT molecular complexity index is 568. The van der Waals surface area contributed by atoms with Crippen LogP contribution in [-0.2, 0) is 10.0 Å². The van der Waals surface area contributed by atoms with Gasteiger partial charge in [-0.15, -0.1) is 0 Å². The smallest absolute Gasteiger partial charge is 0.242 e. The monoisotopic (exact) mass is 323 g/mol. The van der Waals surface area contributed by atoms with Gasteiger partial charge in [0.2, 0.25) is 10.0 Å². The first-order chi connectivity index (χ1) is 8.82. The summed E-state index contributed by atoms with van der Waals surface area (Å²) in [5.74, 6) is 0. The van der Waals surface area contributed by atoms with Crippen LogP contribution in [0.4, 0.5) is 0 Å². The van der Waals surface area contributed by atoms with E-state index in [9.17, 15) is 13.5 Å². The molecule has 0 radical (unpaired) electrons. The van der Waals surface area contributed by atoms with E-state index in [-0.39, 0.29) is 16.5 Å². The molecule has 0 spiro atoms. The molecule has 0 bridgehead atoms. The number of nitrogens with one attached hydrogen (secondary N) is 1. The van der Waals surface area contributed by atoms with E-state index in [2.05, 4.69) is 4.72 Å². The van der Waals surface area contributed by atoms with Gasteiger partial charge in [-0.3, -0.25) is 0 Å². The normalized spacial score (nSPS) is 18.7. The van der Waals surface area contributed by atoms with Crippen LogP contribution in [0.5, 0.6) is 0 Å². The second-order valence-electron chi connectivity index (χ2n) is 4.83. The third kappa shape index (κ3) is 3.61. The lowest BCUT2D eigenvalue weighted by Crippen LogP contribution is -2.40. The van der Waals surface area contributed by atoms with E-state index in [0.717, 1.165) is 12.8 Å². The minimum absolute atomic E-state index is 0.00181. The molecular formula is C12H15Cl2NO3S. The Hall–Kier alpha value is -0.330. The summed E-state index contributed by atoms with van der Waals surface area (Å²) in [6.07, 6.45) is 3.05. The molecule has 1 aliphatic carbocycles. The highest BCUT2D eigenvalue weighted by molar-refractivity contribution is 7.89. The van der Waals surface area contributed by atoms with Crippen molar-refractivity contribution in [2.45, 2.75) is 36.2 Å². The maximum Gasteiger partial charge on any atom is 0.242 e. The van der Waals surface area contributed by atoms with E-state index in [1.807, 2.05) is 0 Å². The summed E-state index contributed by atoms with van der Waals surface area (Å²) in [4.78, 5) is -0.0664. The Kier molecular flexibility index (Phi) is 4.42. The number of benzene rings is 1. The molecule has 0 atom stereocenters. The van der Waals surface area contributed by atoms with Crippen LogP contribution >= 0.6 is 23.2 Å². The molecule has 0 aliphatic heterocycles. The fourth-order valence-corrected chi connectivity index (χ4v) is 4.08. The van der Waals surface area contributed by atoms with E-state index in [1.165, 1.54) is 18.2 Å². The molecule has 0 unspecified atom stereocenters. The molecule has 1 aromatic rings. The van der Waals surface area contributed by atoms with E-state index in [0.29, 0.717) is 17.9 Å². The average Bonchev–Trinajstić information content (AvgIpc) is 2.78. The summed E-state index contributed by atoms with van der Waals surface area (Å²) in [6.45, 7) is -0.00181. The zero-order valence-electron chi connectivity index (χ0n) is 10.2. The zero-order valence-corrected chi connectivity index (χ0v) is 12.5. The lowest BCUT2D eigenvalue weighted by atomic mass is 10.0. The molecule has 2 rings (SSSR count). The van der Waals surface area contributed by atoms with Gasteiger partial charge in [-0.1, -0.05) is 36.0 Å². The highest BCUT2D eigenvalue weighted by Gasteiger charge is 2.32. The summed E-state index contributed by atoms with van der Waals surface area (Å²) >= 11 is 11.6. The van der Waals surface area contributed by atoms with Gasteiger partial charge >= 0.3 is 0 Å². The van der Waals surface area contributed by atoms with Crippen molar-refractivity contribution in [1.82, 2.24) is 4.72 Å². The summed E-state index contributed by atoms with van der Waals surface area (Å²) in [5.41, 5.74) is -0.946. The van der Waals surface area contributed by atoms with Crippen LogP contribution in [0, 0.1) is 0 Å². The van der Waals surface area contributed by atoms with Gasteiger partial charge in [0.25, 0.3) is 0 Å².